The highest BCUT2D eigenvalue weighted by Gasteiger charge is 2.53. The smallest absolute Gasteiger partial charge is 0.291 e. The van der Waals surface area contributed by atoms with E-state index in [1.165, 1.54) is 19.4 Å². The molecule has 0 amide bonds. The summed E-state index contributed by atoms with van der Waals surface area (Å²) in [6.45, 7) is 4.12. The first-order valence-corrected chi connectivity index (χ1v) is 9.23. The van der Waals surface area contributed by atoms with E-state index in [-0.39, 0.29) is 5.60 Å². The van der Waals surface area contributed by atoms with Gasteiger partial charge >= 0.3 is 0 Å². The standard InChI is InChI=1S/C17H20N4O2S/c1-22-12-4-5-13-14(7-12)24-16(19-13)20-15-18-9-17(23-15)10-21-6-2-3-11(17)8-21/h4-5,7,11H,2-3,6,8-10H2,1H3,(H,18,19,20)/t11-,17+/m1/s1. The maximum Gasteiger partial charge on any atom is 0.291 e. The minimum atomic E-state index is -0.112. The van der Waals surface area contributed by atoms with Crippen molar-refractivity contribution < 1.29 is 9.47 Å². The van der Waals surface area contributed by atoms with Crippen LogP contribution in [0.5, 0.6) is 5.75 Å². The van der Waals surface area contributed by atoms with Gasteiger partial charge in [-0.3, -0.25) is 10.2 Å². The van der Waals surface area contributed by atoms with E-state index in [4.69, 9.17) is 9.47 Å². The Bertz CT molecular complexity index is 820. The van der Waals surface area contributed by atoms with Gasteiger partial charge in [0.15, 0.2) is 5.13 Å². The number of hydrogen-bond acceptors (Lipinski definition) is 7. The van der Waals surface area contributed by atoms with Crippen LogP contribution in [-0.4, -0.2) is 54.8 Å². The Balaban J connectivity index is 1.34. The molecule has 0 radical (unpaired) electrons. The molecule has 1 spiro atoms. The van der Waals surface area contributed by atoms with E-state index >= 15 is 0 Å². The lowest BCUT2D eigenvalue weighted by atomic mass is 9.87. The van der Waals surface area contributed by atoms with Crippen molar-refractivity contribution >= 4 is 32.7 Å². The van der Waals surface area contributed by atoms with Gasteiger partial charge < -0.3 is 9.47 Å². The number of methoxy groups -OCH3 is 1. The number of amidine groups is 1. The fraction of sp³-hybridized carbons (Fsp3) is 0.529. The highest BCUT2D eigenvalue weighted by atomic mass is 32.1. The highest BCUT2D eigenvalue weighted by Crippen LogP contribution is 2.41. The van der Waals surface area contributed by atoms with E-state index in [2.05, 4.69) is 20.2 Å². The zero-order valence-electron chi connectivity index (χ0n) is 13.6. The van der Waals surface area contributed by atoms with E-state index in [1.807, 2.05) is 18.2 Å². The minimum Gasteiger partial charge on any atom is -0.497 e. The van der Waals surface area contributed by atoms with Gasteiger partial charge in [-0.25, -0.2) is 9.98 Å². The largest absolute Gasteiger partial charge is 0.497 e. The molecule has 1 aromatic carbocycles. The molecule has 2 bridgehead atoms. The molecule has 1 unspecified atom stereocenters. The van der Waals surface area contributed by atoms with Gasteiger partial charge in [0.1, 0.15) is 11.4 Å². The topological polar surface area (TPSA) is 59.0 Å². The SMILES string of the molecule is COc1ccc2nc(NC3=NC[C@@]4(CN5CCC[C@@H]4C5)O3)sc2c1. The van der Waals surface area contributed by atoms with Crippen LogP contribution in [0.3, 0.4) is 0 Å². The highest BCUT2D eigenvalue weighted by molar-refractivity contribution is 7.22. The maximum atomic E-state index is 6.31. The number of nitrogens with zero attached hydrogens (tertiary/aromatic N) is 3. The van der Waals surface area contributed by atoms with Crippen LogP contribution < -0.4 is 10.1 Å². The first-order valence-electron chi connectivity index (χ1n) is 8.41. The summed E-state index contributed by atoms with van der Waals surface area (Å²) in [6, 6.07) is 6.53. The molecular weight excluding hydrogens is 324 g/mol. The summed E-state index contributed by atoms with van der Waals surface area (Å²) in [7, 11) is 1.68. The zero-order valence-corrected chi connectivity index (χ0v) is 14.4. The molecule has 2 aromatic rings. The fourth-order valence-electron chi connectivity index (χ4n) is 4.14. The zero-order chi connectivity index (χ0) is 16.1. The van der Waals surface area contributed by atoms with E-state index < -0.39 is 0 Å². The number of rotatable bonds is 2. The molecule has 126 valence electrons. The lowest BCUT2D eigenvalue weighted by Gasteiger charge is -2.28. The number of benzene rings is 1. The van der Waals surface area contributed by atoms with Crippen molar-refractivity contribution in [2.45, 2.75) is 18.4 Å². The molecule has 2 saturated heterocycles. The molecule has 4 heterocycles. The van der Waals surface area contributed by atoms with Crippen LogP contribution in [-0.2, 0) is 4.74 Å². The molecule has 3 aliphatic heterocycles. The number of nitrogens with one attached hydrogen (secondary N) is 1. The Hall–Kier alpha value is -1.86. The number of aromatic nitrogens is 1. The quantitative estimate of drug-likeness (QED) is 0.907. The molecule has 1 N–H and O–H groups in total. The summed E-state index contributed by atoms with van der Waals surface area (Å²) in [5.74, 6) is 1.45. The molecule has 3 aliphatic rings. The summed E-state index contributed by atoms with van der Waals surface area (Å²) in [5, 5.41) is 4.09. The first-order chi connectivity index (χ1) is 11.7. The Labute approximate surface area is 144 Å². The number of hydrogen-bond donors (Lipinski definition) is 1. The molecule has 7 heteroatoms. The molecule has 3 atom stereocenters. The summed E-state index contributed by atoms with van der Waals surface area (Å²) >= 11 is 1.59. The third kappa shape index (κ3) is 2.26. The van der Waals surface area contributed by atoms with Crippen LogP contribution in [0, 0.1) is 5.92 Å². The number of piperidine rings is 1. The van der Waals surface area contributed by atoms with Gasteiger partial charge in [-0.15, -0.1) is 0 Å². The summed E-state index contributed by atoms with van der Waals surface area (Å²) in [5.41, 5.74) is 0.845. The Kier molecular flexibility index (Phi) is 3.21. The lowest BCUT2D eigenvalue weighted by molar-refractivity contribution is 0.0588. The van der Waals surface area contributed by atoms with Gasteiger partial charge in [-0.1, -0.05) is 11.3 Å². The van der Waals surface area contributed by atoms with E-state index in [1.54, 1.807) is 18.4 Å². The monoisotopic (exact) mass is 344 g/mol. The second-order valence-electron chi connectivity index (χ2n) is 6.84. The first kappa shape index (κ1) is 14.5. The van der Waals surface area contributed by atoms with Gasteiger partial charge in [-0.2, -0.15) is 0 Å². The summed E-state index contributed by atoms with van der Waals surface area (Å²) < 4.78 is 12.7. The normalized spacial score (nSPS) is 31.3. The van der Waals surface area contributed by atoms with Crippen LogP contribution in [0.15, 0.2) is 23.2 Å². The van der Waals surface area contributed by atoms with Crippen molar-refractivity contribution in [3.63, 3.8) is 0 Å². The summed E-state index contributed by atoms with van der Waals surface area (Å²) in [6.07, 6.45) is 2.53. The molecule has 0 saturated carbocycles. The molecule has 5 rings (SSSR count). The van der Waals surface area contributed by atoms with Crippen molar-refractivity contribution in [1.29, 1.82) is 0 Å². The van der Waals surface area contributed by atoms with E-state index in [9.17, 15) is 0 Å². The molecule has 6 nitrogen and oxygen atoms in total. The van der Waals surface area contributed by atoms with Crippen molar-refractivity contribution in [3.05, 3.63) is 18.2 Å². The predicted octanol–water partition coefficient (Wildman–Crippen LogP) is 2.57. The Morgan fingerprint density at radius 2 is 2.42 bits per heavy atom. The van der Waals surface area contributed by atoms with Gasteiger partial charge in [-0.05, 0) is 37.6 Å². The van der Waals surface area contributed by atoms with Gasteiger partial charge in [0, 0.05) is 19.0 Å². The number of anilines is 1. The minimum absolute atomic E-state index is 0.112. The molecule has 24 heavy (non-hydrogen) atoms. The average molecular weight is 344 g/mol. The van der Waals surface area contributed by atoms with Gasteiger partial charge in [0.05, 0.1) is 23.9 Å². The van der Waals surface area contributed by atoms with Crippen LogP contribution in [0.4, 0.5) is 5.13 Å². The molecular formula is C17H20N4O2S. The predicted molar refractivity (Wildman–Crippen MR) is 95.1 cm³/mol. The molecule has 2 fully saturated rings. The number of aliphatic imine (C=N–C) groups is 1. The lowest BCUT2D eigenvalue weighted by Crippen LogP contribution is -2.41. The molecule has 0 aliphatic carbocycles. The van der Waals surface area contributed by atoms with Crippen molar-refractivity contribution in [1.82, 2.24) is 9.88 Å². The fourth-order valence-corrected chi connectivity index (χ4v) is 5.02. The van der Waals surface area contributed by atoms with Crippen LogP contribution >= 0.6 is 11.3 Å². The van der Waals surface area contributed by atoms with Crippen LogP contribution in [0.25, 0.3) is 10.2 Å². The second kappa shape index (κ2) is 5.32. The average Bonchev–Trinajstić information content (AvgIpc) is 3.24. The van der Waals surface area contributed by atoms with Crippen molar-refractivity contribution in [2.24, 2.45) is 10.9 Å². The van der Waals surface area contributed by atoms with Crippen molar-refractivity contribution in [3.8, 4) is 5.75 Å². The van der Waals surface area contributed by atoms with E-state index in [0.29, 0.717) is 11.9 Å². The third-order valence-electron chi connectivity index (χ3n) is 5.34. The van der Waals surface area contributed by atoms with Gasteiger partial charge in [0.2, 0.25) is 0 Å². The van der Waals surface area contributed by atoms with E-state index in [0.717, 1.165) is 40.7 Å². The summed E-state index contributed by atoms with van der Waals surface area (Å²) in [4.78, 5) is 11.8. The third-order valence-corrected chi connectivity index (χ3v) is 6.27. The van der Waals surface area contributed by atoms with Crippen LogP contribution in [0.2, 0.25) is 0 Å². The second-order valence-corrected chi connectivity index (χ2v) is 7.87. The molecule has 1 aromatic heterocycles. The van der Waals surface area contributed by atoms with Gasteiger partial charge in [0.25, 0.3) is 6.02 Å². The van der Waals surface area contributed by atoms with Crippen molar-refractivity contribution in [2.75, 3.05) is 38.6 Å². The maximum absolute atomic E-state index is 6.31. The Morgan fingerprint density at radius 3 is 3.29 bits per heavy atom. The number of fused-ring (bicyclic) bond motifs is 4. The number of ether oxygens (including phenoxy) is 2. The Morgan fingerprint density at radius 1 is 1.46 bits per heavy atom. The number of thiazole rings is 1. The van der Waals surface area contributed by atoms with Crippen LogP contribution in [0.1, 0.15) is 12.8 Å².